The summed E-state index contributed by atoms with van der Waals surface area (Å²) in [7, 11) is -3.94. The molecule has 17 heavy (non-hydrogen) atoms. The van der Waals surface area contributed by atoms with Crippen LogP contribution in [0.4, 0.5) is 4.20 Å². The van der Waals surface area contributed by atoms with Crippen LogP contribution in [-0.4, -0.2) is 11.8 Å². The standard InChI is InChI=1S/C13H26FO2P/c1-10(2)17(14,15)16-12-9-7-6-8-11(12)13(3,4)5/h10-12H,6-9H2,1-5H3. The van der Waals surface area contributed by atoms with Crippen molar-refractivity contribution in [1.82, 2.24) is 0 Å². The molecule has 0 aromatic heterocycles. The predicted octanol–water partition coefficient (Wildman–Crippen LogP) is 5.18. The lowest BCUT2D eigenvalue weighted by Crippen LogP contribution is -2.36. The van der Waals surface area contributed by atoms with Gasteiger partial charge in [0.15, 0.2) is 0 Å². The number of halogens is 1. The van der Waals surface area contributed by atoms with E-state index in [0.29, 0.717) is 5.92 Å². The lowest BCUT2D eigenvalue weighted by atomic mass is 9.71. The van der Waals surface area contributed by atoms with Crippen molar-refractivity contribution in [3.05, 3.63) is 0 Å². The Balaban J connectivity index is 2.77. The van der Waals surface area contributed by atoms with Gasteiger partial charge in [0.05, 0.1) is 11.8 Å². The molecule has 4 heteroatoms. The molecule has 0 aromatic carbocycles. The van der Waals surface area contributed by atoms with Gasteiger partial charge in [0.25, 0.3) is 0 Å². The van der Waals surface area contributed by atoms with E-state index in [4.69, 9.17) is 4.52 Å². The van der Waals surface area contributed by atoms with E-state index in [1.165, 1.54) is 6.42 Å². The van der Waals surface area contributed by atoms with E-state index in [2.05, 4.69) is 20.8 Å². The van der Waals surface area contributed by atoms with Crippen molar-refractivity contribution >= 4 is 7.68 Å². The van der Waals surface area contributed by atoms with Crippen molar-refractivity contribution in [1.29, 1.82) is 0 Å². The molecule has 0 aliphatic heterocycles. The van der Waals surface area contributed by atoms with Gasteiger partial charge in [-0.3, -0.25) is 4.57 Å². The largest absolute Gasteiger partial charge is 0.370 e. The zero-order chi connectivity index (χ0) is 13.3. The Morgan fingerprint density at radius 3 is 2.24 bits per heavy atom. The van der Waals surface area contributed by atoms with Crippen LogP contribution in [0.3, 0.4) is 0 Å². The van der Waals surface area contributed by atoms with Gasteiger partial charge in [0.2, 0.25) is 0 Å². The second-order valence-electron chi connectivity index (χ2n) is 6.52. The highest BCUT2D eigenvalue weighted by atomic mass is 31.2. The highest BCUT2D eigenvalue weighted by molar-refractivity contribution is 7.54. The van der Waals surface area contributed by atoms with Crippen LogP contribution in [0.15, 0.2) is 0 Å². The normalized spacial score (nSPS) is 30.3. The Bertz CT molecular complexity index is 296. The second-order valence-corrected chi connectivity index (χ2v) is 8.80. The molecule has 0 N–H and O–H groups in total. The minimum Gasteiger partial charge on any atom is -0.302 e. The SMILES string of the molecule is CC(C)P(=O)(F)OC1CCCCC1C(C)(C)C. The minimum absolute atomic E-state index is 0.0854. The van der Waals surface area contributed by atoms with Gasteiger partial charge in [0, 0.05) is 0 Å². The van der Waals surface area contributed by atoms with Gasteiger partial charge in [-0.25, -0.2) is 0 Å². The molecule has 0 spiro atoms. The Morgan fingerprint density at radius 2 is 1.76 bits per heavy atom. The van der Waals surface area contributed by atoms with Gasteiger partial charge in [-0.15, -0.1) is 0 Å². The van der Waals surface area contributed by atoms with Crippen molar-refractivity contribution in [3.8, 4) is 0 Å². The first kappa shape index (κ1) is 15.2. The maximum Gasteiger partial charge on any atom is 0.370 e. The first-order valence-electron chi connectivity index (χ1n) is 6.62. The fourth-order valence-electron chi connectivity index (χ4n) is 2.52. The van der Waals surface area contributed by atoms with Crippen molar-refractivity contribution < 1.29 is 13.3 Å². The molecule has 0 bridgehead atoms. The summed E-state index contributed by atoms with van der Waals surface area (Å²) in [4.78, 5) is 0. The molecule has 1 rings (SSSR count). The highest BCUT2D eigenvalue weighted by Gasteiger charge is 2.40. The summed E-state index contributed by atoms with van der Waals surface area (Å²) in [6.07, 6.45) is 3.92. The Labute approximate surface area is 105 Å². The molecule has 3 unspecified atom stereocenters. The maximum absolute atomic E-state index is 13.9. The quantitative estimate of drug-likeness (QED) is 0.656. The Hall–Kier alpha value is 0.120. The molecule has 0 aromatic rings. The number of hydrogen-bond donors (Lipinski definition) is 0. The van der Waals surface area contributed by atoms with Crippen molar-refractivity contribution in [3.63, 3.8) is 0 Å². The van der Waals surface area contributed by atoms with Crippen LogP contribution in [0.1, 0.15) is 60.3 Å². The van der Waals surface area contributed by atoms with E-state index in [0.717, 1.165) is 19.3 Å². The molecule has 0 saturated heterocycles. The summed E-state index contributed by atoms with van der Waals surface area (Å²) < 4.78 is 31.0. The van der Waals surface area contributed by atoms with Gasteiger partial charge < -0.3 is 4.52 Å². The first-order chi connectivity index (χ1) is 7.64. The van der Waals surface area contributed by atoms with Crippen molar-refractivity contribution in [2.45, 2.75) is 72.1 Å². The summed E-state index contributed by atoms with van der Waals surface area (Å²) >= 11 is 0. The van der Waals surface area contributed by atoms with E-state index < -0.39 is 13.3 Å². The Morgan fingerprint density at radius 1 is 1.24 bits per heavy atom. The van der Waals surface area contributed by atoms with Gasteiger partial charge >= 0.3 is 7.68 Å². The predicted molar refractivity (Wildman–Crippen MR) is 70.1 cm³/mol. The fraction of sp³-hybridized carbons (Fsp3) is 1.00. The van der Waals surface area contributed by atoms with E-state index in [1.54, 1.807) is 13.8 Å². The van der Waals surface area contributed by atoms with Gasteiger partial charge in [0.1, 0.15) is 0 Å². The van der Waals surface area contributed by atoms with E-state index >= 15 is 0 Å². The van der Waals surface area contributed by atoms with Crippen LogP contribution in [0.25, 0.3) is 0 Å². The molecule has 0 radical (unpaired) electrons. The molecule has 1 aliphatic rings. The van der Waals surface area contributed by atoms with Crippen molar-refractivity contribution in [2.75, 3.05) is 0 Å². The van der Waals surface area contributed by atoms with Gasteiger partial charge in [-0.05, 0) is 24.2 Å². The minimum atomic E-state index is -3.94. The van der Waals surface area contributed by atoms with E-state index in [9.17, 15) is 8.76 Å². The third kappa shape index (κ3) is 4.06. The monoisotopic (exact) mass is 264 g/mol. The summed E-state index contributed by atoms with van der Waals surface area (Å²) in [6, 6.07) is 0. The van der Waals surface area contributed by atoms with Crippen LogP contribution in [-0.2, 0) is 9.09 Å². The second kappa shape index (κ2) is 5.40. The summed E-state index contributed by atoms with van der Waals surface area (Å²) in [5.41, 5.74) is -0.452. The van der Waals surface area contributed by atoms with Gasteiger partial charge in [-0.2, -0.15) is 4.20 Å². The zero-order valence-electron chi connectivity index (χ0n) is 11.7. The third-order valence-corrected chi connectivity index (χ3v) is 5.50. The fourth-order valence-corrected chi connectivity index (χ4v) is 3.39. The smallest absolute Gasteiger partial charge is 0.302 e. The average Bonchev–Trinajstić information content (AvgIpc) is 2.15. The number of rotatable bonds is 3. The average molecular weight is 264 g/mol. The van der Waals surface area contributed by atoms with Crippen molar-refractivity contribution in [2.24, 2.45) is 11.3 Å². The highest BCUT2D eigenvalue weighted by Crippen LogP contribution is 2.57. The van der Waals surface area contributed by atoms with Crippen LogP contribution in [0.2, 0.25) is 0 Å². The first-order valence-corrected chi connectivity index (χ1v) is 8.21. The Kier molecular flexibility index (Phi) is 4.82. The lowest BCUT2D eigenvalue weighted by molar-refractivity contribution is 0.0243. The lowest BCUT2D eigenvalue weighted by Gasteiger charge is -2.40. The molecule has 102 valence electrons. The zero-order valence-corrected chi connectivity index (χ0v) is 12.6. The summed E-state index contributed by atoms with van der Waals surface area (Å²) in [6.45, 7) is 9.69. The van der Waals surface area contributed by atoms with E-state index in [-0.39, 0.29) is 11.5 Å². The van der Waals surface area contributed by atoms with Gasteiger partial charge in [-0.1, -0.05) is 47.5 Å². The molecule has 1 saturated carbocycles. The molecular weight excluding hydrogens is 238 g/mol. The molecule has 3 atom stereocenters. The maximum atomic E-state index is 13.9. The molecule has 2 nitrogen and oxygen atoms in total. The molecule has 1 aliphatic carbocycles. The summed E-state index contributed by atoms with van der Waals surface area (Å²) in [5.74, 6) is 0.305. The molecule has 0 heterocycles. The van der Waals surface area contributed by atoms with E-state index in [1.807, 2.05) is 0 Å². The number of hydrogen-bond acceptors (Lipinski definition) is 2. The van der Waals surface area contributed by atoms with Crippen LogP contribution in [0, 0.1) is 11.3 Å². The topological polar surface area (TPSA) is 26.3 Å². The van der Waals surface area contributed by atoms with Crippen LogP contribution >= 0.6 is 7.68 Å². The van der Waals surface area contributed by atoms with Crippen LogP contribution < -0.4 is 0 Å². The van der Waals surface area contributed by atoms with Crippen LogP contribution in [0.5, 0.6) is 0 Å². The third-order valence-electron chi connectivity index (χ3n) is 3.71. The molecular formula is C13H26FO2P. The molecule has 0 amide bonds. The summed E-state index contributed by atoms with van der Waals surface area (Å²) in [5, 5.41) is 0. The molecule has 1 fully saturated rings.